The number of rotatable bonds is 6. The van der Waals surface area contributed by atoms with Crippen LogP contribution in [0.4, 0.5) is 0 Å². The summed E-state index contributed by atoms with van der Waals surface area (Å²) < 4.78 is 0. The first-order valence-electron chi connectivity index (χ1n) is 6.16. The van der Waals surface area contributed by atoms with Gasteiger partial charge in [-0.2, -0.15) is 0 Å². The second-order valence-corrected chi connectivity index (χ2v) is 4.26. The van der Waals surface area contributed by atoms with Crippen LogP contribution in [0.25, 0.3) is 0 Å². The van der Waals surface area contributed by atoms with Gasteiger partial charge in [-0.15, -0.1) is 0 Å². The van der Waals surface area contributed by atoms with Gasteiger partial charge in [0.1, 0.15) is 0 Å². The van der Waals surface area contributed by atoms with E-state index in [1.807, 2.05) is 11.8 Å². The largest absolute Gasteiger partial charge is 0.368 e. The second-order valence-electron chi connectivity index (χ2n) is 4.26. The van der Waals surface area contributed by atoms with E-state index in [9.17, 15) is 9.59 Å². The van der Waals surface area contributed by atoms with Gasteiger partial charge in [-0.05, 0) is 6.42 Å². The zero-order valence-corrected chi connectivity index (χ0v) is 10.4. The minimum atomic E-state index is -0.478. The predicted molar refractivity (Wildman–Crippen MR) is 65.3 cm³/mol. The fourth-order valence-corrected chi connectivity index (χ4v) is 1.92. The van der Waals surface area contributed by atoms with E-state index in [1.54, 1.807) is 0 Å². The molecule has 2 amide bonds. The third kappa shape index (κ3) is 4.70. The maximum Gasteiger partial charge on any atom is 0.235 e. The molecule has 0 saturated carbocycles. The van der Waals surface area contributed by atoms with Crippen LogP contribution in [0.1, 0.15) is 19.8 Å². The van der Waals surface area contributed by atoms with Crippen LogP contribution in [0.5, 0.6) is 0 Å². The van der Waals surface area contributed by atoms with Gasteiger partial charge in [0.15, 0.2) is 0 Å². The quantitative estimate of drug-likeness (QED) is 0.538. The zero-order chi connectivity index (χ0) is 12.7. The van der Waals surface area contributed by atoms with Crippen LogP contribution in [0, 0.1) is 0 Å². The second kappa shape index (κ2) is 7.24. The van der Waals surface area contributed by atoms with E-state index >= 15 is 0 Å². The first-order chi connectivity index (χ1) is 8.15. The predicted octanol–water partition coefficient (Wildman–Crippen LogP) is -1.34. The van der Waals surface area contributed by atoms with Crippen molar-refractivity contribution >= 4 is 11.8 Å². The SMILES string of the molecule is CCCNC(=O)CC(C(N)=O)N1CCNCC1. The highest BCUT2D eigenvalue weighted by Crippen LogP contribution is 2.05. The molecule has 0 aromatic rings. The lowest BCUT2D eigenvalue weighted by molar-refractivity contribution is -0.130. The van der Waals surface area contributed by atoms with Crippen molar-refractivity contribution in [3.8, 4) is 0 Å². The number of hydrogen-bond acceptors (Lipinski definition) is 4. The molecule has 1 rings (SSSR count). The molecule has 0 spiro atoms. The fourth-order valence-electron chi connectivity index (χ4n) is 1.92. The Bertz CT molecular complexity index is 264. The molecule has 1 aliphatic rings. The summed E-state index contributed by atoms with van der Waals surface area (Å²) in [5.74, 6) is -0.521. The summed E-state index contributed by atoms with van der Waals surface area (Å²) in [6.45, 7) is 5.82. The lowest BCUT2D eigenvalue weighted by Crippen LogP contribution is -2.54. The van der Waals surface area contributed by atoms with E-state index in [0.717, 1.165) is 32.6 Å². The van der Waals surface area contributed by atoms with Gasteiger partial charge in [0.05, 0.1) is 12.5 Å². The minimum Gasteiger partial charge on any atom is -0.368 e. The number of nitrogens with two attached hydrogens (primary N) is 1. The van der Waals surface area contributed by atoms with Gasteiger partial charge < -0.3 is 16.4 Å². The third-order valence-electron chi connectivity index (χ3n) is 2.87. The molecule has 0 aromatic carbocycles. The van der Waals surface area contributed by atoms with Gasteiger partial charge in [-0.1, -0.05) is 6.92 Å². The Labute approximate surface area is 102 Å². The molecular formula is C11H22N4O2. The van der Waals surface area contributed by atoms with E-state index in [-0.39, 0.29) is 12.3 Å². The zero-order valence-electron chi connectivity index (χ0n) is 10.4. The molecule has 4 N–H and O–H groups in total. The first kappa shape index (κ1) is 13.9. The van der Waals surface area contributed by atoms with Crippen LogP contribution in [0.15, 0.2) is 0 Å². The van der Waals surface area contributed by atoms with Gasteiger partial charge in [0.2, 0.25) is 11.8 Å². The molecule has 17 heavy (non-hydrogen) atoms. The average Bonchev–Trinajstić information content (AvgIpc) is 2.34. The number of nitrogens with zero attached hydrogens (tertiary/aromatic N) is 1. The number of primary amides is 1. The molecule has 1 atom stereocenters. The third-order valence-corrected chi connectivity index (χ3v) is 2.87. The summed E-state index contributed by atoms with van der Waals surface area (Å²) in [5.41, 5.74) is 5.36. The number of nitrogens with one attached hydrogen (secondary N) is 2. The lowest BCUT2D eigenvalue weighted by Gasteiger charge is -2.32. The summed E-state index contributed by atoms with van der Waals surface area (Å²) in [5, 5.41) is 5.97. The summed E-state index contributed by atoms with van der Waals surface area (Å²) >= 11 is 0. The summed E-state index contributed by atoms with van der Waals surface area (Å²) in [4.78, 5) is 25.0. The molecule has 0 aromatic heterocycles. The van der Waals surface area contributed by atoms with Crippen molar-refractivity contribution in [1.82, 2.24) is 15.5 Å². The first-order valence-corrected chi connectivity index (χ1v) is 6.16. The Morgan fingerprint density at radius 1 is 1.41 bits per heavy atom. The lowest BCUT2D eigenvalue weighted by atomic mass is 10.1. The van der Waals surface area contributed by atoms with E-state index in [0.29, 0.717) is 6.54 Å². The van der Waals surface area contributed by atoms with Gasteiger partial charge in [-0.25, -0.2) is 0 Å². The molecule has 6 nitrogen and oxygen atoms in total. The van der Waals surface area contributed by atoms with Crippen LogP contribution in [0.3, 0.4) is 0 Å². The molecule has 1 saturated heterocycles. The fraction of sp³-hybridized carbons (Fsp3) is 0.818. The Kier molecular flexibility index (Phi) is 5.93. The van der Waals surface area contributed by atoms with Crippen molar-refractivity contribution in [2.75, 3.05) is 32.7 Å². The monoisotopic (exact) mass is 242 g/mol. The minimum absolute atomic E-state index is 0.103. The molecule has 1 heterocycles. The topological polar surface area (TPSA) is 87.5 Å². The standard InChI is InChI=1S/C11H22N4O2/c1-2-3-14-10(16)8-9(11(12)17)15-6-4-13-5-7-15/h9,13H,2-8H2,1H3,(H2,12,17)(H,14,16). The van der Waals surface area contributed by atoms with Crippen LogP contribution in [-0.4, -0.2) is 55.5 Å². The highest BCUT2D eigenvalue weighted by Gasteiger charge is 2.27. The molecule has 1 unspecified atom stereocenters. The molecule has 0 bridgehead atoms. The molecular weight excluding hydrogens is 220 g/mol. The van der Waals surface area contributed by atoms with Crippen LogP contribution < -0.4 is 16.4 Å². The average molecular weight is 242 g/mol. The van der Waals surface area contributed by atoms with Crippen molar-refractivity contribution in [2.24, 2.45) is 5.73 Å². The van der Waals surface area contributed by atoms with Crippen LogP contribution in [0.2, 0.25) is 0 Å². The molecule has 6 heteroatoms. The number of carbonyl (C=O) groups excluding carboxylic acids is 2. The van der Waals surface area contributed by atoms with Crippen molar-refractivity contribution in [1.29, 1.82) is 0 Å². The normalized spacial score (nSPS) is 18.6. The maximum absolute atomic E-state index is 11.6. The highest BCUT2D eigenvalue weighted by molar-refractivity contribution is 5.87. The van der Waals surface area contributed by atoms with Crippen LogP contribution >= 0.6 is 0 Å². The summed E-state index contributed by atoms with van der Waals surface area (Å²) in [6.07, 6.45) is 1.05. The van der Waals surface area contributed by atoms with E-state index < -0.39 is 11.9 Å². The van der Waals surface area contributed by atoms with Crippen molar-refractivity contribution in [2.45, 2.75) is 25.8 Å². The van der Waals surface area contributed by atoms with Crippen molar-refractivity contribution in [3.63, 3.8) is 0 Å². The van der Waals surface area contributed by atoms with Gasteiger partial charge in [0, 0.05) is 32.7 Å². The maximum atomic E-state index is 11.6. The Morgan fingerprint density at radius 3 is 2.59 bits per heavy atom. The van der Waals surface area contributed by atoms with Gasteiger partial charge in [0.25, 0.3) is 0 Å². The summed E-state index contributed by atoms with van der Waals surface area (Å²) in [7, 11) is 0. The molecule has 0 radical (unpaired) electrons. The Morgan fingerprint density at radius 2 is 2.06 bits per heavy atom. The number of amides is 2. The summed E-state index contributed by atoms with van der Waals surface area (Å²) in [6, 6.07) is -0.478. The number of hydrogen-bond donors (Lipinski definition) is 3. The number of piperazine rings is 1. The van der Waals surface area contributed by atoms with Crippen LogP contribution in [-0.2, 0) is 9.59 Å². The molecule has 0 aliphatic carbocycles. The molecule has 98 valence electrons. The Hall–Kier alpha value is -1.14. The smallest absolute Gasteiger partial charge is 0.235 e. The van der Waals surface area contributed by atoms with E-state index in [2.05, 4.69) is 10.6 Å². The Balaban J connectivity index is 2.47. The molecule has 1 fully saturated rings. The molecule has 1 aliphatic heterocycles. The van der Waals surface area contributed by atoms with Gasteiger partial charge >= 0.3 is 0 Å². The van der Waals surface area contributed by atoms with Crippen molar-refractivity contribution < 1.29 is 9.59 Å². The van der Waals surface area contributed by atoms with Crippen molar-refractivity contribution in [3.05, 3.63) is 0 Å². The number of carbonyl (C=O) groups is 2. The van der Waals surface area contributed by atoms with E-state index in [1.165, 1.54) is 0 Å². The highest BCUT2D eigenvalue weighted by atomic mass is 16.2. The van der Waals surface area contributed by atoms with Gasteiger partial charge in [-0.3, -0.25) is 14.5 Å². The van der Waals surface area contributed by atoms with E-state index in [4.69, 9.17) is 5.73 Å².